The summed E-state index contributed by atoms with van der Waals surface area (Å²) in [4.78, 5) is 12.8. The summed E-state index contributed by atoms with van der Waals surface area (Å²) in [5.74, 6) is 0.0503. The van der Waals surface area contributed by atoms with Gasteiger partial charge in [-0.1, -0.05) is 18.2 Å². The lowest BCUT2D eigenvalue weighted by Crippen LogP contribution is -2.18. The van der Waals surface area contributed by atoms with Crippen LogP contribution in [0.4, 0.5) is 11.4 Å². The second kappa shape index (κ2) is 9.27. The van der Waals surface area contributed by atoms with E-state index in [4.69, 9.17) is 4.74 Å². The summed E-state index contributed by atoms with van der Waals surface area (Å²) in [7, 11) is -2.42. The molecule has 0 aliphatic rings. The van der Waals surface area contributed by atoms with Gasteiger partial charge >= 0.3 is 0 Å². The molecule has 174 valence electrons. The highest BCUT2D eigenvalue weighted by Gasteiger charge is 2.25. The van der Waals surface area contributed by atoms with Crippen LogP contribution in [0, 0.1) is 41.5 Å². The van der Waals surface area contributed by atoms with Crippen molar-refractivity contribution in [2.75, 3.05) is 17.1 Å². The number of carbonyl (C=O) groups is 1. The van der Waals surface area contributed by atoms with Crippen molar-refractivity contribution in [3.05, 3.63) is 81.4 Å². The molecule has 0 aliphatic heterocycles. The van der Waals surface area contributed by atoms with Crippen LogP contribution in [0.15, 0.2) is 47.4 Å². The van der Waals surface area contributed by atoms with E-state index >= 15 is 0 Å². The van der Waals surface area contributed by atoms with Gasteiger partial charge in [-0.3, -0.25) is 9.52 Å². The second-order valence-corrected chi connectivity index (χ2v) is 9.87. The maximum absolute atomic E-state index is 13.4. The summed E-state index contributed by atoms with van der Waals surface area (Å²) >= 11 is 0. The van der Waals surface area contributed by atoms with Gasteiger partial charge in [-0.25, -0.2) is 8.42 Å². The Kier molecular flexibility index (Phi) is 6.84. The van der Waals surface area contributed by atoms with E-state index in [0.29, 0.717) is 28.3 Å². The number of anilines is 2. The quantitative estimate of drug-likeness (QED) is 0.495. The minimum absolute atomic E-state index is 0.258. The van der Waals surface area contributed by atoms with Crippen LogP contribution in [0.3, 0.4) is 0 Å². The predicted octanol–water partition coefficient (Wildman–Crippen LogP) is 5.60. The molecule has 7 heteroatoms. The van der Waals surface area contributed by atoms with E-state index in [9.17, 15) is 13.2 Å². The Hall–Kier alpha value is -3.32. The summed E-state index contributed by atoms with van der Waals surface area (Å²) in [6.07, 6.45) is 0. The molecule has 0 spiro atoms. The fourth-order valence-electron chi connectivity index (χ4n) is 3.92. The van der Waals surface area contributed by atoms with Crippen molar-refractivity contribution < 1.29 is 17.9 Å². The van der Waals surface area contributed by atoms with Crippen LogP contribution in [0.1, 0.15) is 43.7 Å². The molecule has 0 unspecified atom stereocenters. The van der Waals surface area contributed by atoms with Crippen LogP contribution in [0.2, 0.25) is 0 Å². The van der Waals surface area contributed by atoms with Crippen LogP contribution >= 0.6 is 0 Å². The van der Waals surface area contributed by atoms with Gasteiger partial charge in [0.2, 0.25) is 0 Å². The average molecular weight is 467 g/mol. The van der Waals surface area contributed by atoms with E-state index in [1.165, 1.54) is 7.11 Å². The van der Waals surface area contributed by atoms with Crippen LogP contribution in [-0.2, 0) is 10.0 Å². The maximum atomic E-state index is 13.4. The first-order valence-electron chi connectivity index (χ1n) is 10.6. The average Bonchev–Trinajstić information content (AvgIpc) is 2.78. The zero-order valence-corrected chi connectivity index (χ0v) is 20.9. The number of carbonyl (C=O) groups excluding carboxylic acids is 1. The Morgan fingerprint density at radius 1 is 0.788 bits per heavy atom. The minimum atomic E-state index is -3.88. The molecular formula is C26H30N2O4S. The Morgan fingerprint density at radius 3 is 1.88 bits per heavy atom. The minimum Gasteiger partial charge on any atom is -0.494 e. The highest BCUT2D eigenvalue weighted by Crippen LogP contribution is 2.35. The molecule has 0 bridgehead atoms. The van der Waals surface area contributed by atoms with Crippen molar-refractivity contribution in [2.45, 2.75) is 46.4 Å². The summed E-state index contributed by atoms with van der Waals surface area (Å²) in [6.45, 7) is 11.3. The highest BCUT2D eigenvalue weighted by atomic mass is 32.2. The van der Waals surface area contributed by atoms with Crippen LogP contribution < -0.4 is 14.8 Å². The number of amides is 1. The molecule has 1 amide bonds. The van der Waals surface area contributed by atoms with Gasteiger partial charge in [0.25, 0.3) is 15.9 Å². The predicted molar refractivity (Wildman–Crippen MR) is 133 cm³/mol. The number of hydrogen-bond acceptors (Lipinski definition) is 4. The van der Waals surface area contributed by atoms with Crippen molar-refractivity contribution in [1.82, 2.24) is 0 Å². The monoisotopic (exact) mass is 466 g/mol. The van der Waals surface area contributed by atoms with Crippen LogP contribution in [0.5, 0.6) is 5.75 Å². The lowest BCUT2D eigenvalue weighted by Gasteiger charge is -2.21. The fraction of sp³-hybridized carbons (Fsp3) is 0.269. The summed E-state index contributed by atoms with van der Waals surface area (Å²) < 4.78 is 35.1. The number of aryl methyl sites for hydroxylation is 1. The first kappa shape index (κ1) is 24.3. The zero-order chi connectivity index (χ0) is 24.5. The zero-order valence-electron chi connectivity index (χ0n) is 20.1. The van der Waals surface area contributed by atoms with E-state index in [0.717, 1.165) is 27.8 Å². The molecule has 0 atom stereocenters. The van der Waals surface area contributed by atoms with E-state index in [2.05, 4.69) is 10.0 Å². The van der Waals surface area contributed by atoms with Crippen molar-refractivity contribution in [1.29, 1.82) is 0 Å². The SMILES string of the molecule is COc1cc(NC(=O)c2ccccc2)c(C)cc1NS(=O)(=O)c1c(C)c(C)c(C)c(C)c1C. The second-order valence-electron chi connectivity index (χ2n) is 8.25. The van der Waals surface area contributed by atoms with Crippen LogP contribution in [0.25, 0.3) is 0 Å². The largest absolute Gasteiger partial charge is 0.494 e. The third-order valence-corrected chi connectivity index (χ3v) is 7.91. The number of sulfonamides is 1. The fourth-order valence-corrected chi connectivity index (χ4v) is 5.58. The molecule has 6 nitrogen and oxygen atoms in total. The molecule has 3 aromatic rings. The smallest absolute Gasteiger partial charge is 0.262 e. The Morgan fingerprint density at radius 2 is 1.33 bits per heavy atom. The summed E-state index contributed by atoms with van der Waals surface area (Å²) in [5, 5.41) is 2.87. The van der Waals surface area contributed by atoms with Gasteiger partial charge in [0.05, 0.1) is 17.7 Å². The molecule has 0 saturated heterocycles. The van der Waals surface area contributed by atoms with Crippen molar-refractivity contribution in [3.8, 4) is 5.75 Å². The van der Waals surface area contributed by atoms with Gasteiger partial charge in [-0.05, 0) is 93.1 Å². The summed E-state index contributed by atoms with van der Waals surface area (Å²) in [6, 6.07) is 12.2. The number of nitrogens with one attached hydrogen (secondary N) is 2. The third kappa shape index (κ3) is 4.73. The van der Waals surface area contributed by atoms with Crippen molar-refractivity contribution in [2.24, 2.45) is 0 Å². The third-order valence-electron chi connectivity index (χ3n) is 6.27. The molecule has 3 aromatic carbocycles. The topological polar surface area (TPSA) is 84.5 Å². The Bertz CT molecular complexity index is 1300. The first-order chi connectivity index (χ1) is 15.5. The van der Waals surface area contributed by atoms with E-state index in [-0.39, 0.29) is 10.8 Å². The molecule has 2 N–H and O–H groups in total. The highest BCUT2D eigenvalue weighted by molar-refractivity contribution is 7.92. The number of hydrogen-bond donors (Lipinski definition) is 2. The Labute approximate surface area is 196 Å². The molecule has 33 heavy (non-hydrogen) atoms. The number of benzene rings is 3. The number of ether oxygens (including phenoxy) is 1. The van der Waals surface area contributed by atoms with Gasteiger partial charge < -0.3 is 10.1 Å². The van der Waals surface area contributed by atoms with E-state index in [1.54, 1.807) is 43.3 Å². The lowest BCUT2D eigenvalue weighted by atomic mass is 9.95. The van der Waals surface area contributed by atoms with E-state index in [1.807, 2.05) is 40.7 Å². The maximum Gasteiger partial charge on any atom is 0.262 e. The molecule has 3 rings (SSSR count). The molecule has 0 aromatic heterocycles. The van der Waals surface area contributed by atoms with Gasteiger partial charge in [-0.15, -0.1) is 0 Å². The van der Waals surface area contributed by atoms with Gasteiger partial charge in [-0.2, -0.15) is 0 Å². The number of rotatable bonds is 6. The molecule has 0 aliphatic carbocycles. The standard InChI is InChI=1S/C26H30N2O4S/c1-15-13-23(24(32-7)14-22(15)27-26(29)21-11-9-8-10-12-21)28-33(30,31)25-19(5)17(3)16(2)18(4)20(25)6/h8-14,28H,1-7H3,(H,27,29). The van der Waals surface area contributed by atoms with Gasteiger partial charge in [0, 0.05) is 17.3 Å². The normalized spacial score (nSPS) is 11.2. The molecule has 0 radical (unpaired) electrons. The molecular weight excluding hydrogens is 436 g/mol. The first-order valence-corrected chi connectivity index (χ1v) is 12.1. The van der Waals surface area contributed by atoms with Crippen molar-refractivity contribution in [3.63, 3.8) is 0 Å². The number of methoxy groups -OCH3 is 1. The Balaban J connectivity index is 2.00. The lowest BCUT2D eigenvalue weighted by molar-refractivity contribution is 0.102. The van der Waals surface area contributed by atoms with Crippen LogP contribution in [-0.4, -0.2) is 21.4 Å². The molecule has 0 saturated carbocycles. The van der Waals surface area contributed by atoms with Crippen molar-refractivity contribution >= 4 is 27.3 Å². The van der Waals surface area contributed by atoms with Gasteiger partial charge in [0.1, 0.15) is 5.75 Å². The van der Waals surface area contributed by atoms with Gasteiger partial charge in [0.15, 0.2) is 0 Å². The van der Waals surface area contributed by atoms with E-state index < -0.39 is 10.0 Å². The summed E-state index contributed by atoms with van der Waals surface area (Å²) in [5.41, 5.74) is 6.53. The molecule has 0 fully saturated rings. The molecule has 0 heterocycles.